The SMILES string of the molecule is C=C(N)C(=O)OC1(N)COC(=O)C1. The first-order chi connectivity index (χ1) is 5.93. The summed E-state index contributed by atoms with van der Waals surface area (Å²) in [7, 11) is 0. The Hall–Kier alpha value is -1.56. The van der Waals surface area contributed by atoms with Crippen LogP contribution in [0.15, 0.2) is 12.3 Å². The number of ether oxygens (including phenoxy) is 2. The Morgan fingerprint density at radius 1 is 1.69 bits per heavy atom. The van der Waals surface area contributed by atoms with Gasteiger partial charge in [-0.15, -0.1) is 0 Å². The normalized spacial score (nSPS) is 26.7. The van der Waals surface area contributed by atoms with Crippen LogP contribution in [0.5, 0.6) is 0 Å². The lowest BCUT2D eigenvalue weighted by Crippen LogP contribution is -2.45. The number of carbonyl (C=O) groups excluding carboxylic acids is 2. The van der Waals surface area contributed by atoms with Crippen LogP contribution in [0.3, 0.4) is 0 Å². The molecule has 13 heavy (non-hydrogen) atoms. The molecule has 1 rings (SSSR count). The fraction of sp³-hybridized carbons (Fsp3) is 0.429. The lowest BCUT2D eigenvalue weighted by Gasteiger charge is -2.20. The minimum absolute atomic E-state index is 0.148. The fourth-order valence-electron chi connectivity index (χ4n) is 0.865. The molecule has 0 amide bonds. The molecule has 1 aliphatic heterocycles. The highest BCUT2D eigenvalue weighted by Gasteiger charge is 2.40. The number of nitrogens with two attached hydrogens (primary N) is 2. The van der Waals surface area contributed by atoms with Gasteiger partial charge in [0, 0.05) is 0 Å². The Labute approximate surface area is 74.5 Å². The number of carbonyl (C=O) groups is 2. The van der Waals surface area contributed by atoms with Gasteiger partial charge in [0.05, 0.1) is 0 Å². The third-order valence-corrected chi connectivity index (χ3v) is 1.48. The second kappa shape index (κ2) is 3.06. The van der Waals surface area contributed by atoms with Crippen molar-refractivity contribution in [3.63, 3.8) is 0 Å². The molecule has 0 saturated carbocycles. The lowest BCUT2D eigenvalue weighted by molar-refractivity contribution is -0.154. The van der Waals surface area contributed by atoms with E-state index in [1.807, 2.05) is 0 Å². The van der Waals surface area contributed by atoms with E-state index in [4.69, 9.17) is 16.2 Å². The first-order valence-electron chi connectivity index (χ1n) is 3.55. The van der Waals surface area contributed by atoms with Gasteiger partial charge in [0.15, 0.2) is 0 Å². The molecule has 0 aliphatic carbocycles. The van der Waals surface area contributed by atoms with Crippen molar-refractivity contribution in [1.82, 2.24) is 0 Å². The van der Waals surface area contributed by atoms with Gasteiger partial charge in [-0.3, -0.25) is 10.5 Å². The molecule has 1 heterocycles. The van der Waals surface area contributed by atoms with E-state index in [0.717, 1.165) is 0 Å². The van der Waals surface area contributed by atoms with Crippen molar-refractivity contribution in [2.24, 2.45) is 11.5 Å². The Balaban J connectivity index is 2.58. The van der Waals surface area contributed by atoms with Gasteiger partial charge in [0.1, 0.15) is 18.7 Å². The zero-order valence-corrected chi connectivity index (χ0v) is 6.91. The first-order valence-corrected chi connectivity index (χ1v) is 3.55. The molecule has 1 atom stereocenters. The maximum absolute atomic E-state index is 10.9. The monoisotopic (exact) mass is 186 g/mol. The quantitative estimate of drug-likeness (QED) is 0.312. The molecule has 0 spiro atoms. The highest BCUT2D eigenvalue weighted by molar-refractivity contribution is 5.87. The van der Waals surface area contributed by atoms with Gasteiger partial charge >= 0.3 is 11.9 Å². The van der Waals surface area contributed by atoms with Crippen LogP contribution >= 0.6 is 0 Å². The predicted octanol–water partition coefficient (Wildman–Crippen LogP) is -1.40. The average molecular weight is 186 g/mol. The maximum atomic E-state index is 10.9. The van der Waals surface area contributed by atoms with Crippen LogP contribution in [0.4, 0.5) is 0 Å². The highest BCUT2D eigenvalue weighted by Crippen LogP contribution is 2.18. The van der Waals surface area contributed by atoms with Crippen molar-refractivity contribution in [2.75, 3.05) is 6.61 Å². The molecule has 1 saturated heterocycles. The largest absolute Gasteiger partial charge is 0.460 e. The number of cyclic esters (lactones) is 1. The van der Waals surface area contributed by atoms with Gasteiger partial charge in [0.25, 0.3) is 0 Å². The zero-order chi connectivity index (χ0) is 10.1. The predicted molar refractivity (Wildman–Crippen MR) is 41.9 cm³/mol. The van der Waals surface area contributed by atoms with Crippen LogP contribution < -0.4 is 11.5 Å². The van der Waals surface area contributed by atoms with Gasteiger partial charge in [0.2, 0.25) is 5.72 Å². The third-order valence-electron chi connectivity index (χ3n) is 1.48. The Morgan fingerprint density at radius 2 is 2.31 bits per heavy atom. The van der Waals surface area contributed by atoms with Crippen molar-refractivity contribution in [3.05, 3.63) is 12.3 Å². The third kappa shape index (κ3) is 2.19. The van der Waals surface area contributed by atoms with Gasteiger partial charge in [-0.05, 0) is 0 Å². The van der Waals surface area contributed by atoms with E-state index in [1.54, 1.807) is 0 Å². The Morgan fingerprint density at radius 3 is 2.69 bits per heavy atom. The summed E-state index contributed by atoms with van der Waals surface area (Å²) < 4.78 is 9.24. The number of rotatable bonds is 2. The Kier molecular flexibility index (Phi) is 2.24. The molecule has 0 aromatic rings. The van der Waals surface area contributed by atoms with Gasteiger partial charge in [-0.1, -0.05) is 6.58 Å². The standard InChI is InChI=1S/C7H10N2O4/c1-4(8)6(11)13-7(9)2-5(10)12-3-7/h1-3,8-9H2. The number of esters is 2. The van der Waals surface area contributed by atoms with Crippen molar-refractivity contribution in [2.45, 2.75) is 12.1 Å². The summed E-state index contributed by atoms with van der Waals surface area (Å²) in [5.74, 6) is -1.33. The Bertz CT molecular complexity index is 276. The summed E-state index contributed by atoms with van der Waals surface area (Å²) >= 11 is 0. The smallest absolute Gasteiger partial charge is 0.355 e. The van der Waals surface area contributed by atoms with Gasteiger partial charge in [-0.25, -0.2) is 4.79 Å². The van der Waals surface area contributed by atoms with Gasteiger partial charge < -0.3 is 15.2 Å². The summed E-state index contributed by atoms with van der Waals surface area (Å²) in [6.45, 7) is 3.02. The summed E-state index contributed by atoms with van der Waals surface area (Å²) in [5, 5.41) is 0. The summed E-state index contributed by atoms with van der Waals surface area (Å²) in [6, 6.07) is 0. The molecule has 0 aromatic heterocycles. The van der Waals surface area contributed by atoms with Crippen LogP contribution in [0.1, 0.15) is 6.42 Å². The molecular formula is C7H10N2O4. The highest BCUT2D eigenvalue weighted by atomic mass is 16.6. The average Bonchev–Trinajstić information content (AvgIpc) is 2.30. The van der Waals surface area contributed by atoms with Crippen LogP contribution in [-0.2, 0) is 19.1 Å². The summed E-state index contributed by atoms with van der Waals surface area (Å²) in [4.78, 5) is 21.6. The van der Waals surface area contributed by atoms with Crippen LogP contribution in [0.2, 0.25) is 0 Å². The minimum atomic E-state index is -1.39. The van der Waals surface area contributed by atoms with E-state index in [-0.39, 0.29) is 18.7 Å². The van der Waals surface area contributed by atoms with Crippen molar-refractivity contribution in [3.8, 4) is 0 Å². The van der Waals surface area contributed by atoms with E-state index in [9.17, 15) is 9.59 Å². The van der Waals surface area contributed by atoms with E-state index in [1.165, 1.54) is 0 Å². The molecule has 1 unspecified atom stereocenters. The van der Waals surface area contributed by atoms with Crippen molar-refractivity contribution >= 4 is 11.9 Å². The molecule has 0 bridgehead atoms. The molecule has 1 aliphatic rings. The van der Waals surface area contributed by atoms with Crippen LogP contribution in [-0.4, -0.2) is 24.3 Å². The topological polar surface area (TPSA) is 105 Å². The van der Waals surface area contributed by atoms with E-state index < -0.39 is 17.7 Å². The lowest BCUT2D eigenvalue weighted by atomic mass is 10.2. The first kappa shape index (κ1) is 9.53. The minimum Gasteiger partial charge on any atom is -0.460 e. The maximum Gasteiger partial charge on any atom is 0.355 e. The summed E-state index contributed by atoms with van der Waals surface area (Å²) in [6.07, 6.45) is -0.161. The van der Waals surface area contributed by atoms with E-state index >= 15 is 0 Å². The molecule has 0 radical (unpaired) electrons. The number of hydrogen-bond acceptors (Lipinski definition) is 6. The second-order valence-electron chi connectivity index (χ2n) is 2.82. The zero-order valence-electron chi connectivity index (χ0n) is 6.91. The molecule has 72 valence electrons. The van der Waals surface area contributed by atoms with Crippen LogP contribution in [0, 0.1) is 0 Å². The molecular weight excluding hydrogens is 176 g/mol. The van der Waals surface area contributed by atoms with Crippen LogP contribution in [0.25, 0.3) is 0 Å². The van der Waals surface area contributed by atoms with Crippen molar-refractivity contribution in [1.29, 1.82) is 0 Å². The second-order valence-corrected chi connectivity index (χ2v) is 2.82. The summed E-state index contributed by atoms with van der Waals surface area (Å²) in [5.41, 5.74) is 8.91. The molecule has 4 N–H and O–H groups in total. The molecule has 0 aromatic carbocycles. The van der Waals surface area contributed by atoms with E-state index in [0.29, 0.717) is 0 Å². The molecule has 1 fully saturated rings. The number of hydrogen-bond donors (Lipinski definition) is 2. The fourth-order valence-corrected chi connectivity index (χ4v) is 0.865. The van der Waals surface area contributed by atoms with Crippen molar-refractivity contribution < 1.29 is 19.1 Å². The molecule has 6 nitrogen and oxygen atoms in total. The molecule has 6 heteroatoms. The van der Waals surface area contributed by atoms with E-state index in [2.05, 4.69) is 11.3 Å². The van der Waals surface area contributed by atoms with Gasteiger partial charge in [-0.2, -0.15) is 0 Å².